The highest BCUT2D eigenvalue weighted by Crippen LogP contribution is 2.29. The van der Waals surface area contributed by atoms with Gasteiger partial charge < -0.3 is 29.7 Å². The van der Waals surface area contributed by atoms with Gasteiger partial charge in [0.2, 0.25) is 6.73 Å². The smallest absolute Gasteiger partial charge is 0.337 e. The molecule has 42 heavy (non-hydrogen) atoms. The average Bonchev–Trinajstić information content (AvgIpc) is 3.44. The number of nitrogens with one attached hydrogen (secondary N) is 2. The van der Waals surface area contributed by atoms with Crippen LogP contribution < -0.4 is 20.1 Å². The van der Waals surface area contributed by atoms with Crippen LogP contribution in [0.15, 0.2) is 66.7 Å². The summed E-state index contributed by atoms with van der Waals surface area (Å²) in [5.41, 5.74) is 3.36. The van der Waals surface area contributed by atoms with Crippen molar-refractivity contribution in [2.75, 3.05) is 58.8 Å². The minimum absolute atomic E-state index is 0.0330. The number of nitrogens with zero attached hydrogens (tertiary/aromatic N) is 2. The van der Waals surface area contributed by atoms with Gasteiger partial charge in [0.1, 0.15) is 18.0 Å². The minimum Gasteiger partial charge on any atom is -0.495 e. The topological polar surface area (TPSA) is 106 Å². The van der Waals surface area contributed by atoms with E-state index < -0.39 is 5.97 Å². The van der Waals surface area contributed by atoms with Gasteiger partial charge in [0, 0.05) is 12.1 Å². The predicted molar refractivity (Wildman–Crippen MR) is 161 cm³/mol. The predicted octanol–water partition coefficient (Wildman–Crippen LogP) is 4.69. The lowest BCUT2D eigenvalue weighted by atomic mass is 10.1. The summed E-state index contributed by atoms with van der Waals surface area (Å²) < 4.78 is 16.6. The summed E-state index contributed by atoms with van der Waals surface area (Å²) in [4.78, 5) is 40.5. The average molecular weight is 576 g/mol. The molecular formula is C32H39N4O6+. The molecule has 1 heterocycles. The fraction of sp³-hybridized carbons (Fsp3) is 0.344. The zero-order valence-electron chi connectivity index (χ0n) is 24.8. The third-order valence-corrected chi connectivity index (χ3v) is 7.73. The number of esters is 1. The van der Waals surface area contributed by atoms with Crippen molar-refractivity contribution in [3.63, 3.8) is 0 Å². The Morgan fingerprint density at radius 2 is 1.67 bits per heavy atom. The first kappa shape index (κ1) is 30.5. The molecule has 2 atom stereocenters. The largest absolute Gasteiger partial charge is 0.495 e. The van der Waals surface area contributed by atoms with Crippen molar-refractivity contribution in [2.45, 2.75) is 25.8 Å². The number of rotatable bonds is 10. The Morgan fingerprint density at radius 3 is 2.31 bits per heavy atom. The standard InChI is InChI=1S/C32H38N4O6/c1-22-8-6-7-9-27(22)33-32(39)34-28-15-10-23(18-29(28)40-4)19-30(37)36(17-16-25(20-36)35(2)3)21-42-26-13-11-24(12-14-26)31(38)41-5/h6-15,18,25H,16-17,19-21H2,1-5H3,(H-,33,34,39)/p+1. The van der Waals surface area contributed by atoms with Crippen molar-refractivity contribution < 1.29 is 33.1 Å². The lowest BCUT2D eigenvalue weighted by molar-refractivity contribution is -0.859. The van der Waals surface area contributed by atoms with Gasteiger partial charge in [-0.1, -0.05) is 24.3 Å². The number of carbonyl (C=O) groups is 3. The Labute approximate surface area is 246 Å². The zero-order valence-corrected chi connectivity index (χ0v) is 24.8. The van der Waals surface area contributed by atoms with E-state index in [9.17, 15) is 14.4 Å². The Morgan fingerprint density at radius 1 is 0.952 bits per heavy atom. The molecule has 0 radical (unpaired) electrons. The summed E-state index contributed by atoms with van der Waals surface area (Å²) in [6.45, 7) is 3.38. The molecule has 3 aromatic rings. The molecule has 3 aromatic carbocycles. The van der Waals surface area contributed by atoms with Gasteiger partial charge in [0.25, 0.3) is 0 Å². The number of likely N-dealkylation sites (tertiary alicyclic amines) is 1. The van der Waals surface area contributed by atoms with Gasteiger partial charge in [-0.2, -0.15) is 0 Å². The SMILES string of the molecule is COC(=O)c1ccc(OC[N+]2(C(=O)Cc3ccc(NC(=O)Nc4ccccc4C)c(OC)c3)CCC(N(C)C)C2)cc1. The van der Waals surface area contributed by atoms with Crippen LogP contribution in [0.4, 0.5) is 16.2 Å². The highest BCUT2D eigenvalue weighted by Gasteiger charge is 2.45. The number of anilines is 2. The second-order valence-electron chi connectivity index (χ2n) is 10.7. The van der Waals surface area contributed by atoms with E-state index in [1.165, 1.54) is 14.2 Å². The maximum absolute atomic E-state index is 13.9. The van der Waals surface area contributed by atoms with Crippen molar-refractivity contribution in [1.82, 2.24) is 4.90 Å². The highest BCUT2D eigenvalue weighted by atomic mass is 16.5. The second-order valence-corrected chi connectivity index (χ2v) is 10.7. The van der Waals surface area contributed by atoms with Gasteiger partial charge in [0.15, 0.2) is 0 Å². The first-order valence-corrected chi connectivity index (χ1v) is 13.8. The number of ether oxygens (including phenoxy) is 3. The molecule has 0 aliphatic carbocycles. The molecule has 2 unspecified atom stereocenters. The molecule has 222 valence electrons. The summed E-state index contributed by atoms with van der Waals surface area (Å²) in [6.07, 6.45) is 1.04. The number of para-hydroxylation sites is 1. The summed E-state index contributed by atoms with van der Waals surface area (Å²) in [5.74, 6) is 0.645. The summed E-state index contributed by atoms with van der Waals surface area (Å²) >= 11 is 0. The van der Waals surface area contributed by atoms with Crippen LogP contribution in [0.3, 0.4) is 0 Å². The van der Waals surface area contributed by atoms with Crippen LogP contribution in [0.5, 0.6) is 11.5 Å². The third kappa shape index (κ3) is 7.26. The number of likely N-dealkylation sites (N-methyl/N-ethyl adjacent to an activating group) is 1. The minimum atomic E-state index is -0.419. The molecule has 0 aromatic heterocycles. The van der Waals surface area contributed by atoms with E-state index in [0.717, 1.165) is 17.5 Å². The highest BCUT2D eigenvalue weighted by molar-refractivity contribution is 6.01. The van der Waals surface area contributed by atoms with E-state index in [0.29, 0.717) is 41.5 Å². The maximum Gasteiger partial charge on any atom is 0.337 e. The van der Waals surface area contributed by atoms with Crippen molar-refractivity contribution in [1.29, 1.82) is 0 Å². The molecule has 2 N–H and O–H groups in total. The summed E-state index contributed by atoms with van der Waals surface area (Å²) in [7, 11) is 6.91. The van der Waals surface area contributed by atoms with Gasteiger partial charge in [-0.3, -0.25) is 0 Å². The zero-order chi connectivity index (χ0) is 30.3. The van der Waals surface area contributed by atoms with Crippen LogP contribution in [0.25, 0.3) is 0 Å². The quantitative estimate of drug-likeness (QED) is 0.267. The molecule has 0 saturated carbocycles. The van der Waals surface area contributed by atoms with Crippen LogP contribution in [0, 0.1) is 6.92 Å². The van der Waals surface area contributed by atoms with E-state index in [1.54, 1.807) is 36.4 Å². The molecule has 10 heteroatoms. The van der Waals surface area contributed by atoms with Gasteiger partial charge in [-0.05, 0) is 74.6 Å². The number of hydrogen-bond acceptors (Lipinski definition) is 7. The molecule has 0 spiro atoms. The fourth-order valence-corrected chi connectivity index (χ4v) is 5.10. The Bertz CT molecular complexity index is 1420. The molecule has 1 aliphatic heterocycles. The molecule has 1 fully saturated rings. The van der Waals surface area contributed by atoms with Crippen molar-refractivity contribution in [3.8, 4) is 11.5 Å². The number of benzene rings is 3. The van der Waals surface area contributed by atoms with E-state index >= 15 is 0 Å². The third-order valence-electron chi connectivity index (χ3n) is 7.73. The summed E-state index contributed by atoms with van der Waals surface area (Å²) in [5, 5.41) is 5.68. The Kier molecular flexibility index (Phi) is 9.82. The number of methoxy groups -OCH3 is 2. The lowest BCUT2D eigenvalue weighted by Gasteiger charge is -2.32. The van der Waals surface area contributed by atoms with Crippen LogP contribution >= 0.6 is 0 Å². The Hall–Kier alpha value is -4.41. The number of hydrogen-bond donors (Lipinski definition) is 2. The van der Waals surface area contributed by atoms with Crippen molar-refractivity contribution in [2.24, 2.45) is 0 Å². The number of quaternary nitrogens is 1. The van der Waals surface area contributed by atoms with Gasteiger partial charge in [-0.15, -0.1) is 0 Å². The normalized spacial score (nSPS) is 17.9. The van der Waals surface area contributed by atoms with Crippen LogP contribution in [-0.4, -0.2) is 81.5 Å². The van der Waals surface area contributed by atoms with Crippen LogP contribution in [-0.2, 0) is 16.0 Å². The van der Waals surface area contributed by atoms with Gasteiger partial charge >= 0.3 is 17.9 Å². The van der Waals surface area contributed by atoms with Crippen molar-refractivity contribution in [3.05, 3.63) is 83.4 Å². The second kappa shape index (κ2) is 13.5. The van der Waals surface area contributed by atoms with E-state index in [2.05, 4.69) is 15.5 Å². The molecular weight excluding hydrogens is 536 g/mol. The van der Waals surface area contributed by atoms with Gasteiger partial charge in [-0.25, -0.2) is 18.9 Å². The molecule has 0 bridgehead atoms. The van der Waals surface area contributed by atoms with Crippen molar-refractivity contribution >= 4 is 29.3 Å². The number of carbonyl (C=O) groups excluding carboxylic acids is 3. The van der Waals surface area contributed by atoms with E-state index in [-0.39, 0.29) is 35.6 Å². The van der Waals surface area contributed by atoms with Crippen LogP contribution in [0.1, 0.15) is 27.9 Å². The molecule has 4 rings (SSSR count). The first-order valence-electron chi connectivity index (χ1n) is 13.8. The van der Waals surface area contributed by atoms with E-state index in [4.69, 9.17) is 14.2 Å². The van der Waals surface area contributed by atoms with E-state index in [1.807, 2.05) is 51.4 Å². The number of urea groups is 1. The molecule has 1 saturated heterocycles. The van der Waals surface area contributed by atoms with Gasteiger partial charge in [0.05, 0.1) is 44.5 Å². The first-order chi connectivity index (χ1) is 20.1. The molecule has 3 amide bonds. The lowest BCUT2D eigenvalue weighted by Crippen LogP contribution is -2.55. The number of amides is 3. The fourth-order valence-electron chi connectivity index (χ4n) is 5.10. The maximum atomic E-state index is 13.9. The molecule has 10 nitrogen and oxygen atoms in total. The number of aryl methyl sites for hydroxylation is 1. The monoisotopic (exact) mass is 575 g/mol. The Balaban J connectivity index is 1.47. The molecule has 1 aliphatic rings. The van der Waals surface area contributed by atoms with Crippen LogP contribution in [0.2, 0.25) is 0 Å². The summed E-state index contributed by atoms with van der Waals surface area (Å²) in [6, 6.07) is 19.4.